The molecule has 4 rings (SSSR count). The molecule has 1 unspecified atom stereocenters. The van der Waals surface area contributed by atoms with E-state index in [1.54, 1.807) is 0 Å². The van der Waals surface area contributed by atoms with Crippen LogP contribution in [-0.4, -0.2) is 25.6 Å². The minimum absolute atomic E-state index is 0.0359. The number of carbonyl (C=O) groups is 1. The first-order valence-electron chi connectivity index (χ1n) is 11.1. The van der Waals surface area contributed by atoms with E-state index in [0.717, 1.165) is 37.2 Å². The van der Waals surface area contributed by atoms with Gasteiger partial charge in [-0.25, -0.2) is 0 Å². The van der Waals surface area contributed by atoms with Crippen LogP contribution < -0.4 is 15.0 Å². The molecule has 0 radical (unpaired) electrons. The number of aryl methyl sites for hydroxylation is 1. The van der Waals surface area contributed by atoms with Gasteiger partial charge in [0.15, 0.2) is 6.61 Å². The standard InChI is InChI=1S/C25H32N2O2/c1-19(20-12-14-22(15-13-20)27-16-5-2-6-17-27)26-25(28)18-29-24-11-7-9-21-8-3-4-10-23(21)24/h7,9,11-15,19H,2-6,8,10,16-18H2,1H3,(H,26,28). The van der Waals surface area contributed by atoms with E-state index in [-0.39, 0.29) is 18.6 Å². The summed E-state index contributed by atoms with van der Waals surface area (Å²) in [6, 6.07) is 14.8. The number of anilines is 1. The Kier molecular flexibility index (Phi) is 6.38. The van der Waals surface area contributed by atoms with Crippen LogP contribution in [0.15, 0.2) is 42.5 Å². The number of nitrogens with one attached hydrogen (secondary N) is 1. The molecule has 1 N–H and O–H groups in total. The molecule has 154 valence electrons. The zero-order valence-electron chi connectivity index (χ0n) is 17.5. The van der Waals surface area contributed by atoms with Crippen LogP contribution in [0, 0.1) is 0 Å². The van der Waals surface area contributed by atoms with Gasteiger partial charge in [0.25, 0.3) is 5.91 Å². The van der Waals surface area contributed by atoms with Gasteiger partial charge in [0.05, 0.1) is 6.04 Å². The Bertz CT molecular complexity index is 825. The summed E-state index contributed by atoms with van der Waals surface area (Å²) >= 11 is 0. The van der Waals surface area contributed by atoms with Crippen LogP contribution in [0.2, 0.25) is 0 Å². The summed E-state index contributed by atoms with van der Waals surface area (Å²) in [5.41, 5.74) is 5.06. The van der Waals surface area contributed by atoms with Gasteiger partial charge in [-0.3, -0.25) is 4.79 Å². The van der Waals surface area contributed by atoms with Crippen molar-refractivity contribution in [1.82, 2.24) is 5.32 Å². The van der Waals surface area contributed by atoms with Crippen molar-refractivity contribution in [2.45, 2.75) is 57.9 Å². The molecule has 1 saturated heterocycles. The second-order valence-corrected chi connectivity index (χ2v) is 8.32. The molecule has 4 nitrogen and oxygen atoms in total. The normalized spacial score (nSPS) is 17.3. The molecule has 4 heteroatoms. The van der Waals surface area contributed by atoms with E-state index in [2.05, 4.69) is 40.5 Å². The van der Waals surface area contributed by atoms with Crippen LogP contribution in [0.5, 0.6) is 5.75 Å². The number of hydrogen-bond donors (Lipinski definition) is 1. The van der Waals surface area contributed by atoms with Crippen molar-refractivity contribution in [3.05, 3.63) is 59.2 Å². The van der Waals surface area contributed by atoms with Gasteiger partial charge in [0.2, 0.25) is 0 Å². The Morgan fingerprint density at radius 2 is 1.76 bits per heavy atom. The van der Waals surface area contributed by atoms with Crippen molar-refractivity contribution in [2.24, 2.45) is 0 Å². The summed E-state index contributed by atoms with van der Waals surface area (Å²) in [6.45, 7) is 4.38. The number of hydrogen-bond acceptors (Lipinski definition) is 3. The second kappa shape index (κ2) is 9.34. The molecule has 1 amide bonds. The van der Waals surface area contributed by atoms with Gasteiger partial charge in [-0.15, -0.1) is 0 Å². The lowest BCUT2D eigenvalue weighted by molar-refractivity contribution is -0.123. The lowest BCUT2D eigenvalue weighted by Crippen LogP contribution is -2.31. The summed E-state index contributed by atoms with van der Waals surface area (Å²) in [4.78, 5) is 14.9. The number of benzene rings is 2. The van der Waals surface area contributed by atoms with Crippen molar-refractivity contribution in [2.75, 3.05) is 24.6 Å². The quantitative estimate of drug-likeness (QED) is 0.767. The van der Waals surface area contributed by atoms with Crippen LogP contribution in [0.4, 0.5) is 5.69 Å². The summed E-state index contributed by atoms with van der Waals surface area (Å²) < 4.78 is 5.88. The van der Waals surface area contributed by atoms with E-state index in [9.17, 15) is 4.79 Å². The van der Waals surface area contributed by atoms with Crippen LogP contribution in [-0.2, 0) is 17.6 Å². The average molecular weight is 393 g/mol. The number of nitrogens with zero attached hydrogens (tertiary/aromatic N) is 1. The monoisotopic (exact) mass is 392 g/mol. The number of fused-ring (bicyclic) bond motifs is 1. The summed E-state index contributed by atoms with van der Waals surface area (Å²) in [5, 5.41) is 3.07. The molecule has 1 aliphatic carbocycles. The van der Waals surface area contributed by atoms with Gasteiger partial charge in [-0.1, -0.05) is 24.3 Å². The maximum absolute atomic E-state index is 12.4. The molecule has 29 heavy (non-hydrogen) atoms. The molecule has 0 saturated carbocycles. The van der Waals surface area contributed by atoms with Crippen molar-refractivity contribution < 1.29 is 9.53 Å². The lowest BCUT2D eigenvalue weighted by atomic mass is 9.91. The minimum atomic E-state index is -0.0778. The zero-order chi connectivity index (χ0) is 20.1. The van der Waals surface area contributed by atoms with Gasteiger partial charge < -0.3 is 15.0 Å². The van der Waals surface area contributed by atoms with Gasteiger partial charge in [-0.2, -0.15) is 0 Å². The number of ether oxygens (including phenoxy) is 1. The molecule has 2 aromatic rings. The topological polar surface area (TPSA) is 41.6 Å². The van der Waals surface area contributed by atoms with Crippen LogP contribution in [0.3, 0.4) is 0 Å². The molecule has 2 aliphatic rings. The maximum Gasteiger partial charge on any atom is 0.258 e. The Morgan fingerprint density at radius 1 is 1.00 bits per heavy atom. The number of amides is 1. The van der Waals surface area contributed by atoms with Crippen molar-refractivity contribution in [1.29, 1.82) is 0 Å². The molecule has 2 aromatic carbocycles. The zero-order valence-corrected chi connectivity index (χ0v) is 17.5. The molecule has 1 heterocycles. The Labute approximate surface area is 174 Å². The van der Waals surface area contributed by atoms with Crippen molar-refractivity contribution >= 4 is 11.6 Å². The van der Waals surface area contributed by atoms with Crippen molar-refractivity contribution in [3.63, 3.8) is 0 Å². The van der Waals surface area contributed by atoms with E-state index < -0.39 is 0 Å². The highest BCUT2D eigenvalue weighted by atomic mass is 16.5. The van der Waals surface area contributed by atoms with Gasteiger partial charge in [0, 0.05) is 18.8 Å². The molecule has 1 atom stereocenters. The first-order chi connectivity index (χ1) is 14.2. The Morgan fingerprint density at radius 3 is 2.55 bits per heavy atom. The summed E-state index contributed by atoms with van der Waals surface area (Å²) in [6.07, 6.45) is 8.49. The molecular formula is C25H32N2O2. The van der Waals surface area contributed by atoms with Crippen LogP contribution in [0.1, 0.15) is 61.8 Å². The predicted octanol–water partition coefficient (Wildman–Crippen LogP) is 4.81. The molecule has 1 aliphatic heterocycles. The second-order valence-electron chi connectivity index (χ2n) is 8.32. The van der Waals surface area contributed by atoms with Crippen molar-refractivity contribution in [3.8, 4) is 5.75 Å². The third-order valence-electron chi connectivity index (χ3n) is 6.20. The first kappa shape index (κ1) is 19.8. The highest BCUT2D eigenvalue weighted by Gasteiger charge is 2.16. The highest BCUT2D eigenvalue weighted by molar-refractivity contribution is 5.78. The highest BCUT2D eigenvalue weighted by Crippen LogP contribution is 2.29. The van der Waals surface area contributed by atoms with Crippen LogP contribution in [0.25, 0.3) is 0 Å². The third-order valence-corrected chi connectivity index (χ3v) is 6.20. The van der Waals surface area contributed by atoms with E-state index in [1.807, 2.05) is 19.1 Å². The van der Waals surface area contributed by atoms with E-state index in [0.29, 0.717) is 0 Å². The smallest absolute Gasteiger partial charge is 0.258 e. The Balaban J connectivity index is 1.30. The first-order valence-corrected chi connectivity index (χ1v) is 11.1. The van der Waals surface area contributed by atoms with E-state index in [4.69, 9.17) is 4.74 Å². The minimum Gasteiger partial charge on any atom is -0.483 e. The molecule has 0 bridgehead atoms. The SMILES string of the molecule is CC(NC(=O)COc1cccc2c1CCCC2)c1ccc(N2CCCCC2)cc1. The fourth-order valence-corrected chi connectivity index (χ4v) is 4.52. The molecule has 0 spiro atoms. The summed E-state index contributed by atoms with van der Waals surface area (Å²) in [5.74, 6) is 0.793. The molecule has 0 aromatic heterocycles. The number of piperidine rings is 1. The van der Waals surface area contributed by atoms with Gasteiger partial charge in [-0.05, 0) is 86.8 Å². The van der Waals surface area contributed by atoms with Gasteiger partial charge in [0.1, 0.15) is 5.75 Å². The number of carbonyl (C=O) groups excluding carboxylic acids is 1. The third kappa shape index (κ3) is 4.92. The van der Waals surface area contributed by atoms with E-state index in [1.165, 1.54) is 48.9 Å². The fourth-order valence-electron chi connectivity index (χ4n) is 4.52. The largest absolute Gasteiger partial charge is 0.483 e. The lowest BCUT2D eigenvalue weighted by Gasteiger charge is -2.29. The molecular weight excluding hydrogens is 360 g/mol. The van der Waals surface area contributed by atoms with Crippen LogP contribution >= 0.6 is 0 Å². The van der Waals surface area contributed by atoms with Gasteiger partial charge >= 0.3 is 0 Å². The predicted molar refractivity (Wildman–Crippen MR) is 118 cm³/mol. The maximum atomic E-state index is 12.4. The fraction of sp³-hybridized carbons (Fsp3) is 0.480. The molecule has 1 fully saturated rings. The summed E-state index contributed by atoms with van der Waals surface area (Å²) in [7, 11) is 0. The van der Waals surface area contributed by atoms with E-state index >= 15 is 0 Å². The Hall–Kier alpha value is -2.49. The average Bonchev–Trinajstić information content (AvgIpc) is 2.78. The number of rotatable bonds is 6.